The second-order valence-corrected chi connectivity index (χ2v) is 8.48. The molecule has 1 aliphatic heterocycles. The van der Waals surface area contributed by atoms with E-state index in [1.165, 1.54) is 0 Å². The Morgan fingerprint density at radius 3 is 2.49 bits per heavy atom. The standard InChI is InChI=1S/C28H30N4O3/c1-2-5-22(6-3-1)20-35-24-9-7-23(8-10-24)31-28-26-12-11-25(19-27(26)29-21-30-28)34-16-4-13-32-14-17-33-18-15-32/h1-3,5-12,19,21H,4,13-18,20H2,(H,29,30,31). The van der Waals surface area contributed by atoms with E-state index in [1.807, 2.05) is 60.7 Å². The van der Waals surface area contributed by atoms with Gasteiger partial charge in [-0.15, -0.1) is 0 Å². The summed E-state index contributed by atoms with van der Waals surface area (Å²) in [5, 5.41) is 4.34. The van der Waals surface area contributed by atoms with Gasteiger partial charge in [-0.1, -0.05) is 30.3 Å². The molecule has 1 saturated heterocycles. The first kappa shape index (κ1) is 23.1. The van der Waals surface area contributed by atoms with Crippen molar-refractivity contribution in [1.82, 2.24) is 14.9 Å². The molecule has 1 aromatic heterocycles. The first-order valence-electron chi connectivity index (χ1n) is 12.0. The van der Waals surface area contributed by atoms with Crippen molar-refractivity contribution in [3.63, 3.8) is 0 Å². The van der Waals surface area contributed by atoms with Gasteiger partial charge in [0.1, 0.15) is 30.3 Å². The largest absolute Gasteiger partial charge is 0.493 e. The number of morpholine rings is 1. The van der Waals surface area contributed by atoms with Crippen LogP contribution in [0.15, 0.2) is 79.1 Å². The lowest BCUT2D eigenvalue weighted by atomic mass is 10.2. The van der Waals surface area contributed by atoms with Gasteiger partial charge in [-0.3, -0.25) is 4.90 Å². The summed E-state index contributed by atoms with van der Waals surface area (Å²) in [5.41, 5.74) is 2.92. The number of nitrogens with one attached hydrogen (secondary N) is 1. The molecule has 0 bridgehead atoms. The van der Waals surface area contributed by atoms with Crippen molar-refractivity contribution >= 4 is 22.4 Å². The topological polar surface area (TPSA) is 68.7 Å². The van der Waals surface area contributed by atoms with E-state index in [0.717, 1.165) is 78.7 Å². The summed E-state index contributed by atoms with van der Waals surface area (Å²) in [4.78, 5) is 11.3. The molecule has 0 spiro atoms. The lowest BCUT2D eigenvalue weighted by Gasteiger charge is -2.26. The Labute approximate surface area is 205 Å². The molecule has 7 nitrogen and oxygen atoms in total. The normalized spacial score (nSPS) is 14.1. The number of ether oxygens (including phenoxy) is 3. The van der Waals surface area contributed by atoms with Crippen molar-refractivity contribution in [2.45, 2.75) is 13.0 Å². The van der Waals surface area contributed by atoms with Crippen molar-refractivity contribution in [3.05, 3.63) is 84.7 Å². The minimum Gasteiger partial charge on any atom is -0.493 e. The summed E-state index contributed by atoms with van der Waals surface area (Å²) in [7, 11) is 0. The SMILES string of the molecule is c1ccc(COc2ccc(Nc3ncnc4cc(OCCCN5CCOCC5)ccc34)cc2)cc1. The van der Waals surface area contributed by atoms with Gasteiger partial charge in [-0.2, -0.15) is 0 Å². The fourth-order valence-corrected chi connectivity index (χ4v) is 4.04. The van der Waals surface area contributed by atoms with Crippen LogP contribution in [0.25, 0.3) is 10.9 Å². The van der Waals surface area contributed by atoms with E-state index in [1.54, 1.807) is 6.33 Å². The molecular weight excluding hydrogens is 440 g/mol. The van der Waals surface area contributed by atoms with Crippen LogP contribution in [0, 0.1) is 0 Å². The highest BCUT2D eigenvalue weighted by Crippen LogP contribution is 2.27. The van der Waals surface area contributed by atoms with Gasteiger partial charge >= 0.3 is 0 Å². The van der Waals surface area contributed by atoms with Crippen molar-refractivity contribution in [2.24, 2.45) is 0 Å². The van der Waals surface area contributed by atoms with Crippen molar-refractivity contribution < 1.29 is 14.2 Å². The molecule has 180 valence electrons. The highest BCUT2D eigenvalue weighted by molar-refractivity contribution is 5.91. The first-order chi connectivity index (χ1) is 17.3. The molecule has 1 aliphatic rings. The number of nitrogens with zero attached hydrogens (tertiary/aromatic N) is 3. The molecular formula is C28H30N4O3. The summed E-state index contributed by atoms with van der Waals surface area (Å²) < 4.78 is 17.3. The Kier molecular flexibility index (Phi) is 7.68. The third kappa shape index (κ3) is 6.47. The predicted molar refractivity (Wildman–Crippen MR) is 137 cm³/mol. The summed E-state index contributed by atoms with van der Waals surface area (Å²) in [6.45, 7) is 5.92. The second kappa shape index (κ2) is 11.6. The van der Waals surface area contributed by atoms with E-state index in [-0.39, 0.29) is 0 Å². The predicted octanol–water partition coefficient (Wildman–Crippen LogP) is 5.05. The molecule has 0 unspecified atom stereocenters. The molecule has 0 atom stereocenters. The van der Waals surface area contributed by atoms with Gasteiger partial charge in [0.15, 0.2) is 0 Å². The van der Waals surface area contributed by atoms with Gasteiger partial charge in [-0.05, 0) is 48.4 Å². The number of aromatic nitrogens is 2. The van der Waals surface area contributed by atoms with Crippen molar-refractivity contribution in [3.8, 4) is 11.5 Å². The van der Waals surface area contributed by atoms with Gasteiger partial charge in [0.25, 0.3) is 0 Å². The lowest BCUT2D eigenvalue weighted by molar-refractivity contribution is 0.0358. The average Bonchev–Trinajstić information content (AvgIpc) is 2.92. The molecule has 7 heteroatoms. The molecule has 35 heavy (non-hydrogen) atoms. The highest BCUT2D eigenvalue weighted by Gasteiger charge is 2.10. The van der Waals surface area contributed by atoms with Gasteiger partial charge in [-0.25, -0.2) is 9.97 Å². The van der Waals surface area contributed by atoms with E-state index in [2.05, 4.69) is 32.3 Å². The zero-order chi connectivity index (χ0) is 23.7. The van der Waals surface area contributed by atoms with Crippen LogP contribution in [0.4, 0.5) is 11.5 Å². The second-order valence-electron chi connectivity index (χ2n) is 8.48. The summed E-state index contributed by atoms with van der Waals surface area (Å²) in [5.74, 6) is 2.40. The smallest absolute Gasteiger partial charge is 0.141 e. The maximum Gasteiger partial charge on any atom is 0.141 e. The average molecular weight is 471 g/mol. The maximum absolute atomic E-state index is 5.98. The van der Waals surface area contributed by atoms with E-state index in [4.69, 9.17) is 14.2 Å². The van der Waals surface area contributed by atoms with Crippen LogP contribution >= 0.6 is 0 Å². The van der Waals surface area contributed by atoms with Crippen LogP contribution in [0.2, 0.25) is 0 Å². The monoisotopic (exact) mass is 470 g/mol. The number of hydrogen-bond acceptors (Lipinski definition) is 7. The highest BCUT2D eigenvalue weighted by atomic mass is 16.5. The third-order valence-corrected chi connectivity index (χ3v) is 5.96. The van der Waals surface area contributed by atoms with E-state index in [9.17, 15) is 0 Å². The lowest BCUT2D eigenvalue weighted by Crippen LogP contribution is -2.37. The van der Waals surface area contributed by atoms with E-state index < -0.39 is 0 Å². The van der Waals surface area contributed by atoms with Gasteiger partial charge in [0.05, 0.1) is 25.3 Å². The fraction of sp³-hybridized carbons (Fsp3) is 0.286. The summed E-state index contributed by atoms with van der Waals surface area (Å²) >= 11 is 0. The first-order valence-corrected chi connectivity index (χ1v) is 12.0. The molecule has 4 aromatic rings. The third-order valence-electron chi connectivity index (χ3n) is 5.96. The summed E-state index contributed by atoms with van der Waals surface area (Å²) in [6.07, 6.45) is 2.56. The fourth-order valence-electron chi connectivity index (χ4n) is 4.04. The Hall–Kier alpha value is -3.68. The molecule has 1 fully saturated rings. The number of fused-ring (bicyclic) bond motifs is 1. The molecule has 1 N–H and O–H groups in total. The Morgan fingerprint density at radius 2 is 1.66 bits per heavy atom. The Balaban J connectivity index is 1.16. The zero-order valence-corrected chi connectivity index (χ0v) is 19.7. The van der Waals surface area contributed by atoms with Crippen LogP contribution in [0.1, 0.15) is 12.0 Å². The van der Waals surface area contributed by atoms with Crippen LogP contribution in [-0.2, 0) is 11.3 Å². The Morgan fingerprint density at radius 1 is 0.857 bits per heavy atom. The van der Waals surface area contributed by atoms with Crippen LogP contribution in [0.5, 0.6) is 11.5 Å². The van der Waals surface area contributed by atoms with E-state index in [0.29, 0.717) is 13.2 Å². The Bertz CT molecular complexity index is 1210. The minimum absolute atomic E-state index is 0.543. The molecule has 0 amide bonds. The van der Waals surface area contributed by atoms with Crippen LogP contribution < -0.4 is 14.8 Å². The molecule has 0 radical (unpaired) electrons. The molecule has 0 saturated carbocycles. The number of hydrogen-bond donors (Lipinski definition) is 1. The zero-order valence-electron chi connectivity index (χ0n) is 19.7. The number of anilines is 2. The maximum atomic E-state index is 5.98. The van der Waals surface area contributed by atoms with Gasteiger partial charge in [0, 0.05) is 36.8 Å². The van der Waals surface area contributed by atoms with Gasteiger partial charge < -0.3 is 19.5 Å². The van der Waals surface area contributed by atoms with Gasteiger partial charge in [0.2, 0.25) is 0 Å². The summed E-state index contributed by atoms with van der Waals surface area (Å²) in [6, 6.07) is 24.0. The minimum atomic E-state index is 0.543. The molecule has 5 rings (SSSR count). The molecule has 3 aromatic carbocycles. The quantitative estimate of drug-likeness (QED) is 0.325. The van der Waals surface area contributed by atoms with Crippen LogP contribution in [-0.4, -0.2) is 54.3 Å². The van der Waals surface area contributed by atoms with Crippen molar-refractivity contribution in [1.29, 1.82) is 0 Å². The van der Waals surface area contributed by atoms with E-state index >= 15 is 0 Å². The number of benzene rings is 3. The molecule has 2 heterocycles. The number of rotatable bonds is 10. The van der Waals surface area contributed by atoms with Crippen molar-refractivity contribution in [2.75, 3.05) is 44.8 Å². The van der Waals surface area contributed by atoms with Crippen LogP contribution in [0.3, 0.4) is 0 Å². The molecule has 0 aliphatic carbocycles.